The van der Waals surface area contributed by atoms with Gasteiger partial charge in [-0.05, 0) is 55.6 Å². The Kier molecular flexibility index (Phi) is 4.56. The molecule has 2 aliphatic rings. The molecule has 0 N–H and O–H groups in total. The van der Waals surface area contributed by atoms with Gasteiger partial charge in [0.1, 0.15) is 0 Å². The fraction of sp³-hybridized carbons (Fsp3) is 0.650. The topological polar surface area (TPSA) is 20.3 Å². The molecule has 1 aromatic rings. The van der Waals surface area contributed by atoms with Gasteiger partial charge in [-0.3, -0.25) is 4.79 Å². The summed E-state index contributed by atoms with van der Waals surface area (Å²) >= 11 is 0. The number of carbonyl (C=O) groups excluding carboxylic acids is 1. The van der Waals surface area contributed by atoms with Crippen LogP contribution >= 0.6 is 0 Å². The second kappa shape index (κ2) is 6.44. The number of piperidine rings is 1. The monoisotopic (exact) mass is 299 g/mol. The zero-order valence-electron chi connectivity index (χ0n) is 14.1. The van der Waals surface area contributed by atoms with Gasteiger partial charge in [0.25, 0.3) is 0 Å². The SMILES string of the molecule is CCc1ccc(CC2CCN(C(=O)C3(C)CCC3)CC2)cc1. The third-order valence-electron chi connectivity index (χ3n) is 5.83. The third-order valence-corrected chi connectivity index (χ3v) is 5.83. The Balaban J connectivity index is 1.50. The minimum absolute atomic E-state index is 0.0250. The summed E-state index contributed by atoms with van der Waals surface area (Å²) in [4.78, 5) is 14.7. The van der Waals surface area contributed by atoms with E-state index in [0.717, 1.165) is 51.1 Å². The van der Waals surface area contributed by atoms with Crippen molar-refractivity contribution in [2.24, 2.45) is 11.3 Å². The van der Waals surface area contributed by atoms with Gasteiger partial charge in [-0.1, -0.05) is 44.5 Å². The summed E-state index contributed by atoms with van der Waals surface area (Å²) < 4.78 is 0. The number of carbonyl (C=O) groups is 1. The van der Waals surface area contributed by atoms with Crippen molar-refractivity contribution in [1.29, 1.82) is 0 Å². The summed E-state index contributed by atoms with van der Waals surface area (Å²) in [5.74, 6) is 1.16. The number of benzene rings is 1. The van der Waals surface area contributed by atoms with Crippen molar-refractivity contribution in [3.05, 3.63) is 35.4 Å². The number of nitrogens with zero attached hydrogens (tertiary/aromatic N) is 1. The first kappa shape index (κ1) is 15.6. The van der Waals surface area contributed by atoms with Crippen LogP contribution in [-0.4, -0.2) is 23.9 Å². The van der Waals surface area contributed by atoms with Crippen LogP contribution in [-0.2, 0) is 17.6 Å². The second-order valence-corrected chi connectivity index (χ2v) is 7.52. The highest BCUT2D eigenvalue weighted by molar-refractivity contribution is 5.83. The Morgan fingerprint density at radius 1 is 1.14 bits per heavy atom. The quantitative estimate of drug-likeness (QED) is 0.815. The van der Waals surface area contributed by atoms with Crippen molar-refractivity contribution < 1.29 is 4.79 Å². The molecule has 1 saturated carbocycles. The number of amides is 1. The summed E-state index contributed by atoms with van der Waals surface area (Å²) in [6.45, 7) is 6.28. The van der Waals surface area contributed by atoms with Gasteiger partial charge >= 0.3 is 0 Å². The maximum atomic E-state index is 12.6. The van der Waals surface area contributed by atoms with Crippen LogP contribution in [0.2, 0.25) is 0 Å². The lowest BCUT2D eigenvalue weighted by Gasteiger charge is -2.43. The van der Waals surface area contributed by atoms with Gasteiger partial charge in [0.15, 0.2) is 0 Å². The van der Waals surface area contributed by atoms with Gasteiger partial charge in [-0.25, -0.2) is 0 Å². The van der Waals surface area contributed by atoms with Crippen LogP contribution in [0.3, 0.4) is 0 Å². The van der Waals surface area contributed by atoms with Crippen LogP contribution in [0.1, 0.15) is 57.1 Å². The molecule has 0 spiro atoms. The molecule has 1 amide bonds. The van der Waals surface area contributed by atoms with E-state index < -0.39 is 0 Å². The van der Waals surface area contributed by atoms with Gasteiger partial charge in [0, 0.05) is 18.5 Å². The third kappa shape index (κ3) is 3.21. The summed E-state index contributed by atoms with van der Waals surface area (Å²) in [5, 5.41) is 0. The molecule has 1 heterocycles. The lowest BCUT2D eigenvalue weighted by Crippen LogP contribution is -2.49. The van der Waals surface area contributed by atoms with Crippen LogP contribution in [0.25, 0.3) is 0 Å². The Morgan fingerprint density at radius 2 is 1.73 bits per heavy atom. The van der Waals surface area contributed by atoms with Crippen LogP contribution in [0.15, 0.2) is 24.3 Å². The molecule has 22 heavy (non-hydrogen) atoms. The highest BCUT2D eigenvalue weighted by Gasteiger charge is 2.42. The lowest BCUT2D eigenvalue weighted by molar-refractivity contribution is -0.147. The van der Waals surface area contributed by atoms with E-state index in [2.05, 4.69) is 43.0 Å². The minimum atomic E-state index is -0.0250. The van der Waals surface area contributed by atoms with Crippen LogP contribution < -0.4 is 0 Å². The highest BCUT2D eigenvalue weighted by atomic mass is 16.2. The summed E-state index contributed by atoms with van der Waals surface area (Å²) in [6.07, 6.45) is 8.02. The molecule has 0 bridgehead atoms. The Bertz CT molecular complexity index is 507. The highest BCUT2D eigenvalue weighted by Crippen LogP contribution is 2.42. The van der Waals surface area contributed by atoms with E-state index in [1.807, 2.05) is 0 Å². The standard InChI is InChI=1S/C20H29NO/c1-3-16-5-7-17(8-6-16)15-18-9-13-21(14-10-18)19(22)20(2)11-4-12-20/h5-8,18H,3-4,9-15H2,1-2H3. The van der Waals surface area contributed by atoms with E-state index in [9.17, 15) is 4.79 Å². The van der Waals surface area contributed by atoms with Crippen molar-refractivity contribution in [1.82, 2.24) is 4.90 Å². The largest absolute Gasteiger partial charge is 0.342 e. The molecule has 0 radical (unpaired) electrons. The zero-order valence-corrected chi connectivity index (χ0v) is 14.1. The lowest BCUT2D eigenvalue weighted by atomic mass is 9.69. The number of likely N-dealkylation sites (tertiary alicyclic amines) is 1. The van der Waals surface area contributed by atoms with Crippen molar-refractivity contribution in [3.63, 3.8) is 0 Å². The van der Waals surface area contributed by atoms with Crippen molar-refractivity contribution >= 4 is 5.91 Å². The van der Waals surface area contributed by atoms with Gasteiger partial charge in [0.05, 0.1) is 0 Å². The molecule has 0 aromatic heterocycles. The first-order chi connectivity index (χ1) is 10.6. The van der Waals surface area contributed by atoms with Crippen LogP contribution in [0.5, 0.6) is 0 Å². The molecular formula is C20H29NO. The molecule has 120 valence electrons. The van der Waals surface area contributed by atoms with Crippen LogP contribution in [0.4, 0.5) is 0 Å². The van der Waals surface area contributed by atoms with Crippen molar-refractivity contribution in [3.8, 4) is 0 Å². The predicted molar refractivity (Wildman–Crippen MR) is 90.8 cm³/mol. The average Bonchev–Trinajstić information content (AvgIpc) is 2.53. The molecule has 0 atom stereocenters. The van der Waals surface area contributed by atoms with E-state index in [1.54, 1.807) is 0 Å². The molecule has 2 fully saturated rings. The Morgan fingerprint density at radius 3 is 2.23 bits per heavy atom. The Hall–Kier alpha value is -1.31. The first-order valence-corrected chi connectivity index (χ1v) is 8.98. The summed E-state index contributed by atoms with van der Waals surface area (Å²) in [6, 6.07) is 9.08. The molecule has 0 unspecified atom stereocenters. The van der Waals surface area contributed by atoms with E-state index in [0.29, 0.717) is 5.91 Å². The van der Waals surface area contributed by atoms with Gasteiger partial charge in [-0.2, -0.15) is 0 Å². The van der Waals surface area contributed by atoms with Crippen molar-refractivity contribution in [2.75, 3.05) is 13.1 Å². The maximum absolute atomic E-state index is 12.6. The Labute approximate surface area is 134 Å². The zero-order chi connectivity index (χ0) is 15.6. The number of aryl methyl sites for hydroxylation is 1. The van der Waals surface area contributed by atoms with Gasteiger partial charge in [0.2, 0.25) is 5.91 Å². The van der Waals surface area contributed by atoms with Gasteiger partial charge < -0.3 is 4.90 Å². The van der Waals surface area contributed by atoms with E-state index in [1.165, 1.54) is 24.0 Å². The summed E-state index contributed by atoms with van der Waals surface area (Å²) in [5.41, 5.74) is 2.84. The number of hydrogen-bond donors (Lipinski definition) is 0. The van der Waals surface area contributed by atoms with Crippen molar-refractivity contribution in [2.45, 2.75) is 58.8 Å². The second-order valence-electron chi connectivity index (χ2n) is 7.52. The first-order valence-electron chi connectivity index (χ1n) is 8.98. The fourth-order valence-electron chi connectivity index (χ4n) is 3.89. The minimum Gasteiger partial charge on any atom is -0.342 e. The van der Waals surface area contributed by atoms with E-state index >= 15 is 0 Å². The van der Waals surface area contributed by atoms with E-state index in [-0.39, 0.29) is 5.41 Å². The molecule has 1 aliphatic carbocycles. The smallest absolute Gasteiger partial charge is 0.228 e. The maximum Gasteiger partial charge on any atom is 0.228 e. The van der Waals surface area contributed by atoms with E-state index in [4.69, 9.17) is 0 Å². The molecule has 1 aromatic carbocycles. The molecule has 3 rings (SSSR count). The normalized spacial score (nSPS) is 21.5. The molecule has 1 saturated heterocycles. The predicted octanol–water partition coefficient (Wildman–Crippen LogP) is 4.22. The number of rotatable bonds is 4. The summed E-state index contributed by atoms with van der Waals surface area (Å²) in [7, 11) is 0. The molecule has 1 aliphatic heterocycles. The van der Waals surface area contributed by atoms with Gasteiger partial charge in [-0.15, -0.1) is 0 Å². The molecule has 2 nitrogen and oxygen atoms in total. The molecular weight excluding hydrogens is 270 g/mol. The average molecular weight is 299 g/mol. The number of hydrogen-bond acceptors (Lipinski definition) is 1. The van der Waals surface area contributed by atoms with Crippen LogP contribution in [0, 0.1) is 11.3 Å². The molecule has 2 heteroatoms. The fourth-order valence-corrected chi connectivity index (χ4v) is 3.89.